The highest BCUT2D eigenvalue weighted by Gasteiger charge is 2.40. The van der Waals surface area contributed by atoms with E-state index in [1.807, 2.05) is 6.07 Å². The lowest BCUT2D eigenvalue weighted by atomic mass is 9.69. The first-order chi connectivity index (χ1) is 7.73. The molecule has 0 saturated heterocycles. The van der Waals surface area contributed by atoms with Crippen LogP contribution in [0.5, 0.6) is 5.75 Å². The van der Waals surface area contributed by atoms with Crippen molar-refractivity contribution in [2.24, 2.45) is 0 Å². The fraction of sp³-hybridized carbons (Fsp3) is 0.571. The van der Waals surface area contributed by atoms with Gasteiger partial charge < -0.3 is 5.11 Å². The first kappa shape index (κ1) is 10.9. The number of fused-ring (bicyclic) bond motifs is 2. The summed E-state index contributed by atoms with van der Waals surface area (Å²) in [5.41, 5.74) is 3.17. The quantitative estimate of drug-likeness (QED) is 0.710. The number of aromatic hydroxyl groups is 1. The largest absolute Gasteiger partial charge is 0.508 e. The van der Waals surface area contributed by atoms with Gasteiger partial charge in [-0.05, 0) is 83.4 Å². The zero-order valence-electron chi connectivity index (χ0n) is 9.43. The van der Waals surface area contributed by atoms with E-state index in [0.29, 0.717) is 11.2 Å². The zero-order chi connectivity index (χ0) is 11.2. The summed E-state index contributed by atoms with van der Waals surface area (Å²) in [4.78, 5) is 0. The normalized spacial score (nSPS) is 22.3. The van der Waals surface area contributed by atoms with Gasteiger partial charge in [-0.15, -0.1) is 0 Å². The van der Waals surface area contributed by atoms with E-state index in [-0.39, 0.29) is 0 Å². The number of benzene rings is 1. The first-order valence-electron chi connectivity index (χ1n) is 6.24. The number of hydrogen-bond acceptors (Lipinski definition) is 1. The van der Waals surface area contributed by atoms with Crippen molar-refractivity contribution in [1.82, 2.24) is 0 Å². The van der Waals surface area contributed by atoms with Gasteiger partial charge in [0.1, 0.15) is 5.75 Å². The highest BCUT2D eigenvalue weighted by molar-refractivity contribution is 14.1. The lowest BCUT2D eigenvalue weighted by Crippen LogP contribution is -2.29. The van der Waals surface area contributed by atoms with Crippen LogP contribution in [-0.2, 0) is 11.8 Å². The molecule has 2 heteroatoms. The second kappa shape index (κ2) is 3.90. The summed E-state index contributed by atoms with van der Waals surface area (Å²) in [6.45, 7) is 0. The van der Waals surface area contributed by atoms with Crippen LogP contribution in [0.1, 0.15) is 49.7 Å². The second-order valence-corrected chi connectivity index (χ2v) is 6.42. The Balaban J connectivity index is 2.20. The van der Waals surface area contributed by atoms with Gasteiger partial charge in [-0.1, -0.05) is 12.8 Å². The Bertz CT molecular complexity index is 419. The lowest BCUT2D eigenvalue weighted by molar-refractivity contribution is 0.358. The minimum Gasteiger partial charge on any atom is -0.508 e. The molecule has 1 aromatic rings. The molecule has 0 atom stereocenters. The van der Waals surface area contributed by atoms with E-state index in [4.69, 9.17) is 0 Å². The molecule has 2 aliphatic carbocycles. The minimum atomic E-state index is 0.419. The molecule has 0 amide bonds. The van der Waals surface area contributed by atoms with Crippen LogP contribution in [0.15, 0.2) is 12.1 Å². The van der Waals surface area contributed by atoms with Gasteiger partial charge in [-0.3, -0.25) is 0 Å². The predicted molar refractivity (Wildman–Crippen MR) is 73.9 cm³/mol. The van der Waals surface area contributed by atoms with E-state index in [0.717, 1.165) is 6.42 Å². The molecule has 0 aliphatic heterocycles. The van der Waals surface area contributed by atoms with Crippen molar-refractivity contribution in [2.45, 2.75) is 50.4 Å². The number of rotatable bonds is 0. The van der Waals surface area contributed by atoms with Gasteiger partial charge in [0.05, 0.1) is 0 Å². The summed E-state index contributed by atoms with van der Waals surface area (Å²) in [6, 6.07) is 3.95. The van der Waals surface area contributed by atoms with Crippen LogP contribution in [0.2, 0.25) is 0 Å². The number of phenolic OH excluding ortho intramolecular Hbond substituents is 1. The fourth-order valence-corrected chi connectivity index (χ4v) is 4.79. The van der Waals surface area contributed by atoms with E-state index in [1.165, 1.54) is 53.2 Å². The van der Waals surface area contributed by atoms with Crippen molar-refractivity contribution < 1.29 is 5.11 Å². The Labute approximate surface area is 110 Å². The van der Waals surface area contributed by atoms with Gasteiger partial charge >= 0.3 is 0 Å². The van der Waals surface area contributed by atoms with Gasteiger partial charge in [0, 0.05) is 3.57 Å². The van der Waals surface area contributed by atoms with Gasteiger partial charge in [0.2, 0.25) is 0 Å². The molecule has 0 bridgehead atoms. The standard InChI is InChI=1S/C14H17IO/c15-11-5-6-12(16)10-4-3-9-14(13(10)11)7-1-2-8-14/h5-6,16H,1-4,7-9H2. The smallest absolute Gasteiger partial charge is 0.119 e. The third-order valence-electron chi connectivity index (χ3n) is 4.41. The van der Waals surface area contributed by atoms with Crippen LogP contribution in [0.25, 0.3) is 0 Å². The molecule has 0 heterocycles. The van der Waals surface area contributed by atoms with Crippen molar-refractivity contribution in [3.63, 3.8) is 0 Å². The number of halogens is 1. The van der Waals surface area contributed by atoms with Gasteiger partial charge in [-0.25, -0.2) is 0 Å². The maximum absolute atomic E-state index is 10.0. The highest BCUT2D eigenvalue weighted by atomic mass is 127. The molecule has 1 aromatic carbocycles. The van der Waals surface area contributed by atoms with Crippen LogP contribution >= 0.6 is 22.6 Å². The SMILES string of the molecule is Oc1ccc(I)c2c1CCCC21CCCC1. The molecule has 3 rings (SSSR count). The molecular formula is C14H17IO. The molecule has 0 radical (unpaired) electrons. The molecule has 1 nitrogen and oxygen atoms in total. The van der Waals surface area contributed by atoms with Crippen LogP contribution in [0.3, 0.4) is 0 Å². The second-order valence-electron chi connectivity index (χ2n) is 5.26. The monoisotopic (exact) mass is 328 g/mol. The number of phenols is 1. The Morgan fingerprint density at radius 2 is 1.75 bits per heavy atom. The summed E-state index contributed by atoms with van der Waals surface area (Å²) >= 11 is 2.45. The third kappa shape index (κ3) is 1.49. The summed E-state index contributed by atoms with van der Waals surface area (Å²) in [7, 11) is 0. The highest BCUT2D eigenvalue weighted by Crippen LogP contribution is 2.51. The van der Waals surface area contributed by atoms with E-state index < -0.39 is 0 Å². The zero-order valence-corrected chi connectivity index (χ0v) is 11.6. The molecular weight excluding hydrogens is 311 g/mol. The van der Waals surface area contributed by atoms with E-state index in [1.54, 1.807) is 0 Å². The number of hydrogen-bond donors (Lipinski definition) is 1. The van der Waals surface area contributed by atoms with Gasteiger partial charge in [-0.2, -0.15) is 0 Å². The maximum Gasteiger partial charge on any atom is 0.119 e. The molecule has 2 aliphatic rings. The first-order valence-corrected chi connectivity index (χ1v) is 7.32. The predicted octanol–water partition coefficient (Wildman–Crippen LogP) is 4.14. The molecule has 1 spiro atoms. The summed E-state index contributed by atoms with van der Waals surface area (Å²) in [6.07, 6.45) is 9.05. The van der Waals surface area contributed by atoms with Crippen molar-refractivity contribution in [2.75, 3.05) is 0 Å². The average molecular weight is 328 g/mol. The molecule has 0 unspecified atom stereocenters. The lowest BCUT2D eigenvalue weighted by Gasteiger charge is -2.37. The Morgan fingerprint density at radius 1 is 1.06 bits per heavy atom. The van der Waals surface area contributed by atoms with E-state index in [9.17, 15) is 5.11 Å². The van der Waals surface area contributed by atoms with Gasteiger partial charge in [0.15, 0.2) is 0 Å². The van der Waals surface area contributed by atoms with E-state index >= 15 is 0 Å². The van der Waals surface area contributed by atoms with E-state index in [2.05, 4.69) is 28.7 Å². The molecule has 1 fully saturated rings. The summed E-state index contributed by atoms with van der Waals surface area (Å²) in [5, 5.41) is 10.0. The van der Waals surface area contributed by atoms with Crippen LogP contribution in [0.4, 0.5) is 0 Å². The third-order valence-corrected chi connectivity index (χ3v) is 5.31. The summed E-state index contributed by atoms with van der Waals surface area (Å²) < 4.78 is 1.37. The van der Waals surface area contributed by atoms with Crippen LogP contribution < -0.4 is 0 Å². The van der Waals surface area contributed by atoms with Crippen molar-refractivity contribution in [1.29, 1.82) is 0 Å². The van der Waals surface area contributed by atoms with Crippen molar-refractivity contribution in [3.05, 3.63) is 26.8 Å². The molecule has 86 valence electrons. The molecule has 1 saturated carbocycles. The fourth-order valence-electron chi connectivity index (χ4n) is 3.72. The van der Waals surface area contributed by atoms with Crippen LogP contribution in [-0.4, -0.2) is 5.11 Å². The van der Waals surface area contributed by atoms with Gasteiger partial charge in [0.25, 0.3) is 0 Å². The Morgan fingerprint density at radius 3 is 2.50 bits per heavy atom. The molecule has 16 heavy (non-hydrogen) atoms. The molecule has 1 N–H and O–H groups in total. The Hall–Kier alpha value is -0.250. The topological polar surface area (TPSA) is 20.2 Å². The van der Waals surface area contributed by atoms with Crippen LogP contribution in [0, 0.1) is 3.57 Å². The minimum absolute atomic E-state index is 0.419. The summed E-state index contributed by atoms with van der Waals surface area (Å²) in [5.74, 6) is 0.529. The maximum atomic E-state index is 10.0. The molecule has 0 aromatic heterocycles. The van der Waals surface area contributed by atoms with Crippen molar-refractivity contribution in [3.8, 4) is 5.75 Å². The van der Waals surface area contributed by atoms with Crippen molar-refractivity contribution >= 4 is 22.6 Å². The average Bonchev–Trinajstić information content (AvgIpc) is 2.73. The Kier molecular flexibility index (Phi) is 2.65.